The van der Waals surface area contributed by atoms with Crippen molar-refractivity contribution >= 4 is 5.91 Å². The monoisotopic (exact) mass is 386 g/mol. The van der Waals surface area contributed by atoms with Gasteiger partial charge in [-0.2, -0.15) is 0 Å². The molecule has 3 heteroatoms. The zero-order valence-corrected chi connectivity index (χ0v) is 18.7. The average molecular weight is 387 g/mol. The fourth-order valence-corrected chi connectivity index (χ4v) is 5.66. The van der Waals surface area contributed by atoms with Crippen molar-refractivity contribution in [1.82, 2.24) is 10.2 Å². The molecule has 158 valence electrons. The van der Waals surface area contributed by atoms with Gasteiger partial charge in [0.25, 0.3) is 0 Å². The molecule has 0 saturated carbocycles. The van der Waals surface area contributed by atoms with Crippen molar-refractivity contribution in [2.24, 2.45) is 11.3 Å². The molecule has 1 unspecified atom stereocenters. The minimum absolute atomic E-state index is 0. The standard InChI is InChI=1S/C25H40N2O.H2/c1-19(18-24(3,4)5)11-15-27-16-13-25(14-17-27)12-10-23(26-20(2)28)21-8-6-7-9-22(21)25;/h6-9,19,23H,10-18H2,1-5H3,(H,26,28);1H/t19?,23-;/m0./s1. The van der Waals surface area contributed by atoms with Crippen LogP contribution in [0.25, 0.3) is 0 Å². The minimum atomic E-state index is 0. The molecule has 1 aromatic rings. The largest absolute Gasteiger partial charge is 0.350 e. The molecule has 2 aliphatic rings. The molecule has 0 bridgehead atoms. The second-order valence-corrected chi connectivity index (χ2v) is 10.7. The van der Waals surface area contributed by atoms with Crippen molar-refractivity contribution in [2.75, 3.05) is 19.6 Å². The summed E-state index contributed by atoms with van der Waals surface area (Å²) in [5.41, 5.74) is 3.61. The van der Waals surface area contributed by atoms with E-state index >= 15 is 0 Å². The van der Waals surface area contributed by atoms with Crippen LogP contribution in [0.15, 0.2) is 24.3 Å². The van der Waals surface area contributed by atoms with Crippen molar-refractivity contribution in [3.8, 4) is 0 Å². The molecule has 28 heavy (non-hydrogen) atoms. The summed E-state index contributed by atoms with van der Waals surface area (Å²) in [6.07, 6.45) is 7.39. The van der Waals surface area contributed by atoms with E-state index in [1.165, 1.54) is 62.9 Å². The maximum atomic E-state index is 11.6. The molecule has 1 heterocycles. The van der Waals surface area contributed by atoms with E-state index in [9.17, 15) is 4.79 Å². The lowest BCUT2D eigenvalue weighted by Gasteiger charge is -2.47. The highest BCUT2D eigenvalue weighted by atomic mass is 16.1. The Kier molecular flexibility index (Phi) is 6.54. The first kappa shape index (κ1) is 21.4. The van der Waals surface area contributed by atoms with Crippen LogP contribution in [0.5, 0.6) is 0 Å². The molecule has 3 rings (SSSR count). The fraction of sp³-hybridized carbons (Fsp3) is 0.720. The van der Waals surface area contributed by atoms with Crippen molar-refractivity contribution in [3.05, 3.63) is 35.4 Å². The number of hydrogen-bond acceptors (Lipinski definition) is 2. The summed E-state index contributed by atoms with van der Waals surface area (Å²) in [7, 11) is 0. The van der Waals surface area contributed by atoms with Crippen LogP contribution in [-0.2, 0) is 10.2 Å². The highest BCUT2D eigenvalue weighted by Crippen LogP contribution is 2.47. The molecule has 0 radical (unpaired) electrons. The van der Waals surface area contributed by atoms with Crippen LogP contribution >= 0.6 is 0 Å². The van der Waals surface area contributed by atoms with Gasteiger partial charge >= 0.3 is 0 Å². The molecule has 0 aromatic heterocycles. The maximum absolute atomic E-state index is 11.6. The van der Waals surface area contributed by atoms with Crippen LogP contribution in [0, 0.1) is 11.3 Å². The summed E-state index contributed by atoms with van der Waals surface area (Å²) in [6.45, 7) is 14.8. The third-order valence-electron chi connectivity index (χ3n) is 6.91. The van der Waals surface area contributed by atoms with E-state index in [2.05, 4.69) is 62.2 Å². The number of hydrogen-bond donors (Lipinski definition) is 1. The fourth-order valence-electron chi connectivity index (χ4n) is 5.66. The van der Waals surface area contributed by atoms with E-state index in [1.807, 2.05) is 0 Å². The van der Waals surface area contributed by atoms with Gasteiger partial charge in [-0.25, -0.2) is 0 Å². The van der Waals surface area contributed by atoms with Gasteiger partial charge in [0.15, 0.2) is 0 Å². The summed E-state index contributed by atoms with van der Waals surface area (Å²) in [5.74, 6) is 0.875. The Morgan fingerprint density at radius 1 is 1.25 bits per heavy atom. The van der Waals surface area contributed by atoms with Crippen molar-refractivity contribution < 1.29 is 6.22 Å². The number of amides is 1. The van der Waals surface area contributed by atoms with Gasteiger partial charge < -0.3 is 10.2 Å². The van der Waals surface area contributed by atoms with Gasteiger partial charge in [-0.1, -0.05) is 52.0 Å². The molecule has 1 N–H and O–H groups in total. The van der Waals surface area contributed by atoms with Gasteiger partial charge in [-0.3, -0.25) is 4.79 Å². The Balaban J connectivity index is 0.00000300. The molecule has 1 saturated heterocycles. The van der Waals surface area contributed by atoms with Gasteiger partial charge in [0.1, 0.15) is 0 Å². The number of nitrogens with one attached hydrogen (secondary N) is 1. The summed E-state index contributed by atoms with van der Waals surface area (Å²) < 4.78 is 0. The predicted molar refractivity (Wildman–Crippen MR) is 120 cm³/mol. The molecule has 3 nitrogen and oxygen atoms in total. The second kappa shape index (κ2) is 8.57. The highest BCUT2D eigenvalue weighted by Gasteiger charge is 2.41. The molecule has 1 spiro atoms. The Morgan fingerprint density at radius 2 is 1.93 bits per heavy atom. The first-order valence-corrected chi connectivity index (χ1v) is 11.3. The van der Waals surface area contributed by atoms with Crippen molar-refractivity contribution in [3.63, 3.8) is 0 Å². The first-order chi connectivity index (χ1) is 13.2. The number of rotatable bonds is 5. The van der Waals surface area contributed by atoms with E-state index in [0.29, 0.717) is 10.8 Å². The van der Waals surface area contributed by atoms with Crippen LogP contribution in [-0.4, -0.2) is 30.4 Å². The van der Waals surface area contributed by atoms with Crippen LogP contribution in [0.4, 0.5) is 0 Å². The summed E-state index contributed by atoms with van der Waals surface area (Å²) in [4.78, 5) is 14.3. The summed E-state index contributed by atoms with van der Waals surface area (Å²) in [5, 5.41) is 3.17. The Hall–Kier alpha value is -1.35. The third-order valence-corrected chi connectivity index (χ3v) is 6.91. The lowest BCUT2D eigenvalue weighted by molar-refractivity contribution is -0.119. The van der Waals surface area contributed by atoms with Gasteiger partial charge in [-0.15, -0.1) is 0 Å². The Labute approximate surface area is 173 Å². The number of likely N-dealkylation sites (tertiary alicyclic amines) is 1. The number of carbonyl (C=O) groups is 1. The average Bonchev–Trinajstić information content (AvgIpc) is 2.62. The topological polar surface area (TPSA) is 32.3 Å². The number of benzene rings is 1. The Morgan fingerprint density at radius 3 is 2.57 bits per heavy atom. The second-order valence-electron chi connectivity index (χ2n) is 10.7. The first-order valence-electron chi connectivity index (χ1n) is 11.3. The SMILES string of the molecule is CC(=O)N[C@H]1CCC2(CCN(CCC(C)CC(C)(C)C)CC2)c2ccccc21.[HH]. The number of piperidine rings is 1. The predicted octanol–water partition coefficient (Wildman–Crippen LogP) is 5.70. The molecule has 2 atom stereocenters. The molecule has 1 aliphatic heterocycles. The lowest BCUT2D eigenvalue weighted by Crippen LogP contribution is -2.46. The van der Waals surface area contributed by atoms with Crippen molar-refractivity contribution in [2.45, 2.75) is 84.6 Å². The van der Waals surface area contributed by atoms with Gasteiger partial charge in [0.05, 0.1) is 6.04 Å². The van der Waals surface area contributed by atoms with Crippen LogP contribution in [0.3, 0.4) is 0 Å². The molecule has 1 aliphatic carbocycles. The van der Waals surface area contributed by atoms with E-state index in [1.54, 1.807) is 6.92 Å². The zero-order valence-electron chi connectivity index (χ0n) is 18.7. The summed E-state index contributed by atoms with van der Waals surface area (Å²) in [6, 6.07) is 9.05. The molecule has 1 aromatic carbocycles. The number of fused-ring (bicyclic) bond motifs is 2. The minimum Gasteiger partial charge on any atom is -0.350 e. The van der Waals surface area contributed by atoms with E-state index < -0.39 is 0 Å². The van der Waals surface area contributed by atoms with Gasteiger partial charge in [0, 0.05) is 8.35 Å². The van der Waals surface area contributed by atoms with E-state index in [4.69, 9.17) is 0 Å². The Bertz CT molecular complexity index is 674. The maximum Gasteiger partial charge on any atom is 0.217 e. The summed E-state index contributed by atoms with van der Waals surface area (Å²) >= 11 is 0. The molecular weight excluding hydrogens is 344 g/mol. The van der Waals surface area contributed by atoms with E-state index in [0.717, 1.165) is 12.3 Å². The zero-order chi connectivity index (χ0) is 20.4. The highest BCUT2D eigenvalue weighted by molar-refractivity contribution is 5.73. The van der Waals surface area contributed by atoms with Crippen molar-refractivity contribution in [1.29, 1.82) is 0 Å². The van der Waals surface area contributed by atoms with Crippen LogP contribution in [0.1, 0.15) is 91.7 Å². The molecular formula is C25H42N2O. The normalized spacial score (nSPS) is 23.2. The van der Waals surface area contributed by atoms with Crippen LogP contribution in [0.2, 0.25) is 0 Å². The van der Waals surface area contributed by atoms with Gasteiger partial charge in [0.2, 0.25) is 5.91 Å². The smallest absolute Gasteiger partial charge is 0.217 e. The quantitative estimate of drug-likeness (QED) is 0.704. The number of carbonyl (C=O) groups excluding carboxylic acids is 1. The third kappa shape index (κ3) is 5.17. The van der Waals surface area contributed by atoms with E-state index in [-0.39, 0.29) is 13.4 Å². The van der Waals surface area contributed by atoms with Gasteiger partial charge in [-0.05, 0) is 86.0 Å². The molecule has 1 fully saturated rings. The lowest BCUT2D eigenvalue weighted by atomic mass is 9.63. The number of nitrogens with zero attached hydrogens (tertiary/aromatic N) is 1. The molecule has 1 amide bonds. The van der Waals surface area contributed by atoms with Crippen LogP contribution < -0.4 is 5.32 Å².